The Bertz CT molecular complexity index is 596. The van der Waals surface area contributed by atoms with Gasteiger partial charge in [-0.1, -0.05) is 19.9 Å². The molecule has 0 saturated carbocycles. The van der Waals surface area contributed by atoms with Gasteiger partial charge in [-0.3, -0.25) is 4.79 Å². The number of benzene rings is 1. The molecule has 1 aromatic heterocycles. The molecule has 2 aromatic rings. The Balaban J connectivity index is 2.23. The molecule has 1 heterocycles. The van der Waals surface area contributed by atoms with Crippen LogP contribution < -0.4 is 11.1 Å². The summed E-state index contributed by atoms with van der Waals surface area (Å²) in [5, 5.41) is 5.11. The summed E-state index contributed by atoms with van der Waals surface area (Å²) in [7, 11) is 0. The van der Waals surface area contributed by atoms with Gasteiger partial charge in [0.25, 0.3) is 5.91 Å². The number of nitrogens with two attached hydrogens (primary N) is 1. The third kappa shape index (κ3) is 3.41. The molecule has 1 atom stereocenters. The van der Waals surface area contributed by atoms with Crippen LogP contribution in [0.1, 0.15) is 35.1 Å². The van der Waals surface area contributed by atoms with Gasteiger partial charge in [-0.15, -0.1) is 11.3 Å². The monoisotopic (exact) mass is 352 g/mol. The van der Waals surface area contributed by atoms with Crippen molar-refractivity contribution < 1.29 is 4.79 Å². The molecule has 20 heavy (non-hydrogen) atoms. The molecule has 3 nitrogen and oxygen atoms in total. The highest BCUT2D eigenvalue weighted by Gasteiger charge is 2.21. The van der Waals surface area contributed by atoms with Gasteiger partial charge in [-0.25, -0.2) is 0 Å². The zero-order valence-corrected chi connectivity index (χ0v) is 13.8. The van der Waals surface area contributed by atoms with Crippen LogP contribution in [0.3, 0.4) is 0 Å². The number of nitrogens with one attached hydrogen (secondary N) is 1. The first-order chi connectivity index (χ1) is 9.49. The Labute approximate surface area is 131 Å². The molecule has 3 N–H and O–H groups in total. The van der Waals surface area contributed by atoms with Crippen LogP contribution in [-0.4, -0.2) is 5.91 Å². The Morgan fingerprint density at radius 3 is 2.70 bits per heavy atom. The number of halogens is 1. The second-order valence-corrected chi connectivity index (χ2v) is 6.78. The topological polar surface area (TPSA) is 55.1 Å². The summed E-state index contributed by atoms with van der Waals surface area (Å²) in [6.07, 6.45) is 0. The molecular formula is C15H17BrN2OS. The number of hydrogen-bond acceptors (Lipinski definition) is 3. The molecular weight excluding hydrogens is 336 g/mol. The van der Waals surface area contributed by atoms with Crippen molar-refractivity contribution in [2.45, 2.75) is 19.9 Å². The SMILES string of the molecule is CC(C)C(NC(=O)c1cc(N)ccc1Br)c1cccs1. The first kappa shape index (κ1) is 15.1. The van der Waals surface area contributed by atoms with E-state index in [0.29, 0.717) is 17.2 Å². The third-order valence-corrected chi connectivity index (χ3v) is 4.68. The molecule has 1 amide bonds. The summed E-state index contributed by atoms with van der Waals surface area (Å²) in [6.45, 7) is 4.19. The van der Waals surface area contributed by atoms with Crippen molar-refractivity contribution >= 4 is 38.9 Å². The highest BCUT2D eigenvalue weighted by atomic mass is 79.9. The fourth-order valence-electron chi connectivity index (χ4n) is 1.97. The zero-order valence-electron chi connectivity index (χ0n) is 11.4. The van der Waals surface area contributed by atoms with Gasteiger partial charge >= 0.3 is 0 Å². The number of thiophene rings is 1. The minimum Gasteiger partial charge on any atom is -0.399 e. The van der Waals surface area contributed by atoms with Gasteiger partial charge in [0, 0.05) is 15.0 Å². The van der Waals surface area contributed by atoms with E-state index in [4.69, 9.17) is 5.73 Å². The van der Waals surface area contributed by atoms with Crippen LogP contribution in [0.2, 0.25) is 0 Å². The van der Waals surface area contributed by atoms with Gasteiger partial charge in [0.05, 0.1) is 11.6 Å². The average Bonchev–Trinajstić information content (AvgIpc) is 2.91. The lowest BCUT2D eigenvalue weighted by molar-refractivity contribution is 0.0926. The molecule has 0 radical (unpaired) electrons. The number of carbonyl (C=O) groups is 1. The van der Waals surface area contributed by atoms with E-state index in [-0.39, 0.29) is 11.9 Å². The van der Waals surface area contributed by atoms with Crippen molar-refractivity contribution in [2.24, 2.45) is 5.92 Å². The summed E-state index contributed by atoms with van der Waals surface area (Å²) in [4.78, 5) is 13.6. The number of anilines is 1. The molecule has 2 rings (SSSR count). The Hall–Kier alpha value is -1.33. The van der Waals surface area contributed by atoms with Crippen LogP contribution in [-0.2, 0) is 0 Å². The lowest BCUT2D eigenvalue weighted by Gasteiger charge is -2.21. The van der Waals surface area contributed by atoms with Gasteiger partial charge in [-0.05, 0) is 51.5 Å². The van der Waals surface area contributed by atoms with Crippen LogP contribution in [0.5, 0.6) is 0 Å². The quantitative estimate of drug-likeness (QED) is 0.809. The Morgan fingerprint density at radius 2 is 2.10 bits per heavy atom. The van der Waals surface area contributed by atoms with Crippen molar-refractivity contribution in [2.75, 3.05) is 5.73 Å². The number of rotatable bonds is 4. The summed E-state index contributed by atoms with van der Waals surface area (Å²) in [5.74, 6) is 0.203. The molecule has 1 unspecified atom stereocenters. The van der Waals surface area contributed by atoms with E-state index in [1.54, 1.807) is 29.5 Å². The number of hydrogen-bond donors (Lipinski definition) is 2. The third-order valence-electron chi connectivity index (χ3n) is 3.04. The van der Waals surface area contributed by atoms with Crippen molar-refractivity contribution in [3.05, 3.63) is 50.6 Å². The normalized spacial score (nSPS) is 12.4. The van der Waals surface area contributed by atoms with Crippen molar-refractivity contribution in [3.8, 4) is 0 Å². The molecule has 0 bridgehead atoms. The first-order valence-corrected chi connectivity index (χ1v) is 8.05. The molecule has 1 aromatic carbocycles. The zero-order chi connectivity index (χ0) is 14.7. The van der Waals surface area contributed by atoms with Gasteiger partial charge in [0.15, 0.2) is 0 Å². The second-order valence-electron chi connectivity index (χ2n) is 4.95. The standard InChI is InChI=1S/C15H17BrN2OS/c1-9(2)14(13-4-3-7-20-13)18-15(19)11-8-10(17)5-6-12(11)16/h3-9,14H,17H2,1-2H3,(H,18,19). The number of amides is 1. The molecule has 0 aliphatic heterocycles. The predicted molar refractivity (Wildman–Crippen MR) is 87.9 cm³/mol. The fraction of sp³-hybridized carbons (Fsp3) is 0.267. The number of carbonyl (C=O) groups excluding carboxylic acids is 1. The maximum atomic E-state index is 12.4. The van der Waals surface area contributed by atoms with Crippen LogP contribution in [0.15, 0.2) is 40.2 Å². The molecule has 0 spiro atoms. The van der Waals surface area contributed by atoms with E-state index in [1.807, 2.05) is 17.5 Å². The van der Waals surface area contributed by atoms with E-state index < -0.39 is 0 Å². The van der Waals surface area contributed by atoms with E-state index >= 15 is 0 Å². The molecule has 0 aliphatic rings. The average molecular weight is 353 g/mol. The lowest BCUT2D eigenvalue weighted by atomic mass is 10.0. The minimum absolute atomic E-state index is 0.0100. The van der Waals surface area contributed by atoms with Gasteiger partial charge < -0.3 is 11.1 Å². The largest absolute Gasteiger partial charge is 0.399 e. The second kappa shape index (κ2) is 6.41. The van der Waals surface area contributed by atoms with E-state index in [9.17, 15) is 4.79 Å². The van der Waals surface area contributed by atoms with E-state index in [2.05, 4.69) is 35.1 Å². The molecule has 0 saturated heterocycles. The van der Waals surface area contributed by atoms with Gasteiger partial charge in [0.1, 0.15) is 0 Å². The minimum atomic E-state index is -0.115. The summed E-state index contributed by atoms with van der Waals surface area (Å²) >= 11 is 5.05. The maximum absolute atomic E-state index is 12.4. The smallest absolute Gasteiger partial charge is 0.253 e. The van der Waals surface area contributed by atoms with Gasteiger partial charge in [-0.2, -0.15) is 0 Å². The predicted octanol–water partition coefficient (Wildman–Crippen LogP) is 4.22. The maximum Gasteiger partial charge on any atom is 0.253 e. The van der Waals surface area contributed by atoms with Crippen LogP contribution in [0, 0.1) is 5.92 Å². The molecule has 0 aliphatic carbocycles. The Morgan fingerprint density at radius 1 is 1.35 bits per heavy atom. The van der Waals surface area contributed by atoms with Crippen LogP contribution in [0.4, 0.5) is 5.69 Å². The van der Waals surface area contributed by atoms with Crippen molar-refractivity contribution in [1.29, 1.82) is 0 Å². The lowest BCUT2D eigenvalue weighted by Crippen LogP contribution is -2.31. The number of nitrogen functional groups attached to an aromatic ring is 1. The van der Waals surface area contributed by atoms with E-state index in [0.717, 1.165) is 9.35 Å². The summed E-state index contributed by atoms with van der Waals surface area (Å²) in [6, 6.07) is 9.29. The van der Waals surface area contributed by atoms with Crippen LogP contribution in [0.25, 0.3) is 0 Å². The molecule has 0 fully saturated rings. The summed E-state index contributed by atoms with van der Waals surface area (Å²) in [5.41, 5.74) is 6.89. The molecule has 5 heteroatoms. The first-order valence-electron chi connectivity index (χ1n) is 6.38. The molecule has 106 valence electrons. The highest BCUT2D eigenvalue weighted by molar-refractivity contribution is 9.10. The van der Waals surface area contributed by atoms with Crippen molar-refractivity contribution in [3.63, 3.8) is 0 Å². The van der Waals surface area contributed by atoms with E-state index in [1.165, 1.54) is 0 Å². The fourth-order valence-corrected chi connectivity index (χ4v) is 3.35. The Kier molecular flexibility index (Phi) is 4.83. The highest BCUT2D eigenvalue weighted by Crippen LogP contribution is 2.27. The van der Waals surface area contributed by atoms with Crippen LogP contribution >= 0.6 is 27.3 Å². The van der Waals surface area contributed by atoms with Gasteiger partial charge in [0.2, 0.25) is 0 Å². The summed E-state index contributed by atoms with van der Waals surface area (Å²) < 4.78 is 0.748. The van der Waals surface area contributed by atoms with Crippen molar-refractivity contribution in [1.82, 2.24) is 5.32 Å².